The average molecular weight is 346 g/mol. The van der Waals surface area contributed by atoms with E-state index in [2.05, 4.69) is 26.2 Å². The minimum Gasteiger partial charge on any atom is -0.399 e. The standard InChI is InChI=1S/C15H12BrN3S/c16-11-3-1-10(2-4-11)14-9-20-15(19-14)18-13-7-5-12(17)6-8-13/h1-9H,17H2,(H,18,19). The lowest BCUT2D eigenvalue weighted by atomic mass is 10.2. The number of anilines is 3. The normalized spacial score (nSPS) is 10.4. The van der Waals surface area contributed by atoms with Gasteiger partial charge in [0.15, 0.2) is 5.13 Å². The molecule has 0 saturated carbocycles. The van der Waals surface area contributed by atoms with Crippen LogP contribution in [0.4, 0.5) is 16.5 Å². The largest absolute Gasteiger partial charge is 0.399 e. The maximum Gasteiger partial charge on any atom is 0.187 e. The van der Waals surface area contributed by atoms with Gasteiger partial charge in [-0.2, -0.15) is 0 Å². The van der Waals surface area contributed by atoms with Gasteiger partial charge in [0.2, 0.25) is 0 Å². The van der Waals surface area contributed by atoms with Crippen molar-refractivity contribution in [3.8, 4) is 11.3 Å². The first-order chi connectivity index (χ1) is 9.70. The fourth-order valence-corrected chi connectivity index (χ4v) is 2.78. The number of aromatic nitrogens is 1. The third-order valence-corrected chi connectivity index (χ3v) is 4.09. The van der Waals surface area contributed by atoms with Crippen molar-refractivity contribution in [2.24, 2.45) is 0 Å². The van der Waals surface area contributed by atoms with Crippen LogP contribution in [-0.4, -0.2) is 4.98 Å². The highest BCUT2D eigenvalue weighted by molar-refractivity contribution is 9.10. The summed E-state index contributed by atoms with van der Waals surface area (Å²) in [5.74, 6) is 0. The number of nitrogen functional groups attached to an aromatic ring is 1. The van der Waals surface area contributed by atoms with Gasteiger partial charge in [-0.3, -0.25) is 0 Å². The van der Waals surface area contributed by atoms with E-state index in [9.17, 15) is 0 Å². The lowest BCUT2D eigenvalue weighted by Gasteiger charge is -2.02. The Labute approximate surface area is 129 Å². The summed E-state index contributed by atoms with van der Waals surface area (Å²) in [6.07, 6.45) is 0. The van der Waals surface area contributed by atoms with Crippen molar-refractivity contribution < 1.29 is 0 Å². The molecule has 0 spiro atoms. The van der Waals surface area contributed by atoms with Gasteiger partial charge < -0.3 is 11.1 Å². The van der Waals surface area contributed by atoms with Gasteiger partial charge >= 0.3 is 0 Å². The summed E-state index contributed by atoms with van der Waals surface area (Å²) in [4.78, 5) is 4.59. The van der Waals surface area contributed by atoms with Crippen LogP contribution in [0.25, 0.3) is 11.3 Å². The van der Waals surface area contributed by atoms with Gasteiger partial charge in [-0.15, -0.1) is 11.3 Å². The molecular formula is C15H12BrN3S. The Morgan fingerprint density at radius 3 is 2.40 bits per heavy atom. The molecule has 1 heterocycles. The van der Waals surface area contributed by atoms with Gasteiger partial charge in [-0.1, -0.05) is 28.1 Å². The second-order valence-electron chi connectivity index (χ2n) is 4.29. The molecule has 0 amide bonds. The Bertz CT molecular complexity index is 705. The summed E-state index contributed by atoms with van der Waals surface area (Å²) in [6.45, 7) is 0. The Morgan fingerprint density at radius 2 is 1.70 bits per heavy atom. The number of nitrogens with two attached hydrogens (primary N) is 1. The molecule has 2 aromatic carbocycles. The number of nitrogens with zero attached hydrogens (tertiary/aromatic N) is 1. The molecule has 0 bridgehead atoms. The van der Waals surface area contributed by atoms with Crippen LogP contribution < -0.4 is 11.1 Å². The van der Waals surface area contributed by atoms with Gasteiger partial charge in [-0.05, 0) is 36.4 Å². The van der Waals surface area contributed by atoms with E-state index in [4.69, 9.17) is 5.73 Å². The minimum atomic E-state index is 0.755. The van der Waals surface area contributed by atoms with Gasteiger partial charge in [0.25, 0.3) is 0 Å². The first-order valence-electron chi connectivity index (χ1n) is 6.05. The van der Waals surface area contributed by atoms with E-state index in [1.807, 2.05) is 53.9 Å². The zero-order valence-electron chi connectivity index (χ0n) is 10.5. The molecule has 0 atom stereocenters. The third kappa shape index (κ3) is 3.00. The van der Waals surface area contributed by atoms with Crippen molar-refractivity contribution in [3.05, 3.63) is 58.4 Å². The molecule has 0 unspecified atom stereocenters. The molecule has 1 aromatic heterocycles. The number of benzene rings is 2. The van der Waals surface area contributed by atoms with Crippen molar-refractivity contribution in [3.63, 3.8) is 0 Å². The molecule has 3 aromatic rings. The minimum absolute atomic E-state index is 0.755. The summed E-state index contributed by atoms with van der Waals surface area (Å²) in [5.41, 5.74) is 9.48. The van der Waals surface area contributed by atoms with Crippen LogP contribution in [0.3, 0.4) is 0 Å². The van der Waals surface area contributed by atoms with Crippen molar-refractivity contribution in [1.29, 1.82) is 0 Å². The molecule has 5 heteroatoms. The van der Waals surface area contributed by atoms with Crippen molar-refractivity contribution in [2.75, 3.05) is 11.1 Å². The number of rotatable bonds is 3. The Morgan fingerprint density at radius 1 is 1.00 bits per heavy atom. The zero-order chi connectivity index (χ0) is 13.9. The van der Waals surface area contributed by atoms with E-state index in [1.165, 1.54) is 0 Å². The molecule has 0 aliphatic carbocycles. The van der Waals surface area contributed by atoms with Crippen molar-refractivity contribution in [2.45, 2.75) is 0 Å². The van der Waals surface area contributed by atoms with E-state index in [0.29, 0.717) is 0 Å². The van der Waals surface area contributed by atoms with Crippen molar-refractivity contribution >= 4 is 43.8 Å². The van der Waals surface area contributed by atoms with Crippen LogP contribution in [0.15, 0.2) is 58.4 Å². The Balaban J connectivity index is 1.80. The topological polar surface area (TPSA) is 50.9 Å². The summed E-state index contributed by atoms with van der Waals surface area (Å²) in [5, 5.41) is 6.19. The van der Waals surface area contributed by atoms with E-state index < -0.39 is 0 Å². The van der Waals surface area contributed by atoms with E-state index in [1.54, 1.807) is 11.3 Å². The molecule has 0 aliphatic heterocycles. The van der Waals surface area contributed by atoms with Crippen LogP contribution in [0.1, 0.15) is 0 Å². The molecule has 3 rings (SSSR count). The van der Waals surface area contributed by atoms with Crippen LogP contribution in [-0.2, 0) is 0 Å². The number of thiazole rings is 1. The molecule has 100 valence electrons. The highest BCUT2D eigenvalue weighted by atomic mass is 79.9. The molecule has 3 nitrogen and oxygen atoms in total. The Kier molecular flexibility index (Phi) is 3.71. The molecule has 0 radical (unpaired) electrons. The molecule has 20 heavy (non-hydrogen) atoms. The summed E-state index contributed by atoms with van der Waals surface area (Å²) in [7, 11) is 0. The maximum absolute atomic E-state index is 5.67. The van der Waals surface area contributed by atoms with Gasteiger partial charge in [0, 0.05) is 26.8 Å². The molecular weight excluding hydrogens is 334 g/mol. The van der Waals surface area contributed by atoms with Gasteiger partial charge in [0.05, 0.1) is 5.69 Å². The second-order valence-corrected chi connectivity index (χ2v) is 6.07. The SMILES string of the molecule is Nc1ccc(Nc2nc(-c3ccc(Br)cc3)cs2)cc1. The number of hydrogen-bond acceptors (Lipinski definition) is 4. The van der Waals surface area contributed by atoms with Crippen LogP contribution in [0.2, 0.25) is 0 Å². The predicted octanol–water partition coefficient (Wildman–Crippen LogP) is 4.90. The summed E-state index contributed by atoms with van der Waals surface area (Å²) < 4.78 is 1.07. The summed E-state index contributed by atoms with van der Waals surface area (Å²) >= 11 is 5.02. The van der Waals surface area contributed by atoms with Crippen molar-refractivity contribution in [1.82, 2.24) is 4.98 Å². The fourth-order valence-electron chi connectivity index (χ4n) is 1.77. The average Bonchev–Trinajstić information content (AvgIpc) is 2.91. The number of nitrogens with one attached hydrogen (secondary N) is 1. The highest BCUT2D eigenvalue weighted by Crippen LogP contribution is 2.28. The monoisotopic (exact) mass is 345 g/mol. The smallest absolute Gasteiger partial charge is 0.187 e. The lowest BCUT2D eigenvalue weighted by molar-refractivity contribution is 1.38. The van der Waals surface area contributed by atoms with Crippen LogP contribution >= 0.6 is 27.3 Å². The quantitative estimate of drug-likeness (QED) is 0.664. The lowest BCUT2D eigenvalue weighted by Crippen LogP contribution is -1.90. The van der Waals surface area contributed by atoms with Gasteiger partial charge in [0.1, 0.15) is 0 Å². The zero-order valence-corrected chi connectivity index (χ0v) is 12.9. The van der Waals surface area contributed by atoms with E-state index >= 15 is 0 Å². The second kappa shape index (κ2) is 5.64. The van der Waals surface area contributed by atoms with Crippen LogP contribution in [0.5, 0.6) is 0 Å². The predicted molar refractivity (Wildman–Crippen MR) is 89.4 cm³/mol. The number of halogens is 1. The van der Waals surface area contributed by atoms with E-state index in [-0.39, 0.29) is 0 Å². The number of hydrogen-bond donors (Lipinski definition) is 2. The van der Waals surface area contributed by atoms with E-state index in [0.717, 1.165) is 32.2 Å². The van der Waals surface area contributed by atoms with Gasteiger partial charge in [-0.25, -0.2) is 4.98 Å². The first kappa shape index (κ1) is 13.1. The molecule has 0 aliphatic rings. The Hall–Kier alpha value is -1.85. The third-order valence-electron chi connectivity index (χ3n) is 2.81. The molecule has 3 N–H and O–H groups in total. The molecule has 0 saturated heterocycles. The fraction of sp³-hybridized carbons (Fsp3) is 0. The maximum atomic E-state index is 5.67. The summed E-state index contributed by atoms with van der Waals surface area (Å²) in [6, 6.07) is 15.7. The first-order valence-corrected chi connectivity index (χ1v) is 7.72. The van der Waals surface area contributed by atoms with Crippen LogP contribution in [0, 0.1) is 0 Å². The highest BCUT2D eigenvalue weighted by Gasteiger charge is 2.04. The molecule has 0 fully saturated rings.